The van der Waals surface area contributed by atoms with Crippen LogP contribution in [0, 0.1) is 11.6 Å². The summed E-state index contributed by atoms with van der Waals surface area (Å²) < 4.78 is 25.9. The molecular weight excluding hydrogens is 280 g/mol. The molecule has 0 atom stereocenters. The minimum absolute atomic E-state index is 0.122. The van der Waals surface area contributed by atoms with Crippen LogP contribution in [-0.4, -0.2) is 16.8 Å². The number of anilines is 2. The Hall–Kier alpha value is -2.83. The molecule has 21 heavy (non-hydrogen) atoms. The number of carbonyl (C=O) groups excluding carboxylic acids is 2. The molecule has 1 heterocycles. The van der Waals surface area contributed by atoms with Crippen LogP contribution in [0.4, 0.5) is 20.3 Å². The Balaban J connectivity index is 2.16. The summed E-state index contributed by atoms with van der Waals surface area (Å²) in [6, 6.07) is 5.84. The number of hydrogen-bond donors (Lipinski definition) is 2. The van der Waals surface area contributed by atoms with Gasteiger partial charge in [0.15, 0.2) is 11.6 Å². The van der Waals surface area contributed by atoms with Gasteiger partial charge in [-0.05, 0) is 24.3 Å². The second kappa shape index (κ2) is 6.08. The third-order valence-corrected chi connectivity index (χ3v) is 2.50. The summed E-state index contributed by atoms with van der Waals surface area (Å²) in [5.41, 5.74) is 0.343. The van der Waals surface area contributed by atoms with E-state index >= 15 is 0 Å². The van der Waals surface area contributed by atoms with Gasteiger partial charge in [0.05, 0.1) is 0 Å². The maximum absolute atomic E-state index is 13.1. The molecule has 2 N–H and O–H groups in total. The average molecular weight is 291 g/mol. The van der Waals surface area contributed by atoms with Crippen molar-refractivity contribution < 1.29 is 18.4 Å². The van der Waals surface area contributed by atoms with Crippen molar-refractivity contribution in [2.24, 2.45) is 0 Å². The van der Waals surface area contributed by atoms with Gasteiger partial charge in [0.2, 0.25) is 5.91 Å². The Kier molecular flexibility index (Phi) is 4.22. The van der Waals surface area contributed by atoms with Gasteiger partial charge in [-0.25, -0.2) is 13.8 Å². The quantitative estimate of drug-likeness (QED) is 0.913. The van der Waals surface area contributed by atoms with Crippen LogP contribution < -0.4 is 10.6 Å². The number of amides is 2. The molecule has 1 aromatic heterocycles. The van der Waals surface area contributed by atoms with Gasteiger partial charge in [-0.1, -0.05) is 0 Å². The van der Waals surface area contributed by atoms with Crippen molar-refractivity contribution in [3.05, 3.63) is 53.7 Å². The van der Waals surface area contributed by atoms with E-state index in [2.05, 4.69) is 15.6 Å². The lowest BCUT2D eigenvalue weighted by atomic mass is 10.2. The zero-order chi connectivity index (χ0) is 15.4. The Bertz CT molecular complexity index is 704. The first kappa shape index (κ1) is 14.6. The van der Waals surface area contributed by atoms with Crippen molar-refractivity contribution in [1.82, 2.24) is 4.98 Å². The largest absolute Gasteiger partial charge is 0.322 e. The summed E-state index contributed by atoms with van der Waals surface area (Å²) in [5, 5.41) is 4.86. The van der Waals surface area contributed by atoms with Gasteiger partial charge in [0, 0.05) is 30.4 Å². The van der Waals surface area contributed by atoms with E-state index in [0.717, 1.165) is 12.1 Å². The first-order valence-corrected chi connectivity index (χ1v) is 5.96. The normalized spacial score (nSPS) is 10.0. The SMILES string of the molecule is CC(=O)Nc1cc(C(=O)Nc2ccc(F)c(F)c2)ccn1. The Morgan fingerprint density at radius 1 is 1.05 bits per heavy atom. The molecule has 2 rings (SSSR count). The number of rotatable bonds is 3. The molecule has 2 aromatic rings. The number of carbonyl (C=O) groups is 2. The highest BCUT2D eigenvalue weighted by molar-refractivity contribution is 6.05. The molecule has 1 aromatic carbocycles. The van der Waals surface area contributed by atoms with E-state index in [1.54, 1.807) is 0 Å². The Labute approximate surface area is 119 Å². The first-order chi connectivity index (χ1) is 9.95. The van der Waals surface area contributed by atoms with Crippen LogP contribution in [0.25, 0.3) is 0 Å². The van der Waals surface area contributed by atoms with Gasteiger partial charge >= 0.3 is 0 Å². The molecule has 5 nitrogen and oxygen atoms in total. The molecule has 7 heteroatoms. The monoisotopic (exact) mass is 291 g/mol. The summed E-state index contributed by atoms with van der Waals surface area (Å²) in [7, 11) is 0. The molecule has 108 valence electrons. The van der Waals surface area contributed by atoms with Crippen molar-refractivity contribution in [2.75, 3.05) is 10.6 Å². The minimum Gasteiger partial charge on any atom is -0.322 e. The smallest absolute Gasteiger partial charge is 0.255 e. The van der Waals surface area contributed by atoms with E-state index in [-0.39, 0.29) is 23.0 Å². The van der Waals surface area contributed by atoms with Crippen molar-refractivity contribution in [2.45, 2.75) is 6.92 Å². The molecule has 0 saturated heterocycles. The van der Waals surface area contributed by atoms with E-state index in [9.17, 15) is 18.4 Å². The average Bonchev–Trinajstić information content (AvgIpc) is 2.42. The van der Waals surface area contributed by atoms with Gasteiger partial charge in [-0.2, -0.15) is 0 Å². The fourth-order valence-corrected chi connectivity index (χ4v) is 1.60. The van der Waals surface area contributed by atoms with Crippen molar-refractivity contribution in [1.29, 1.82) is 0 Å². The standard InChI is InChI=1S/C14H11F2N3O2/c1-8(20)18-13-6-9(4-5-17-13)14(21)19-10-2-3-11(15)12(16)7-10/h2-7H,1H3,(H,19,21)(H,17,18,20). The van der Waals surface area contributed by atoms with Crippen LogP contribution >= 0.6 is 0 Å². The van der Waals surface area contributed by atoms with Gasteiger partial charge in [0.1, 0.15) is 5.82 Å². The third-order valence-electron chi connectivity index (χ3n) is 2.50. The Morgan fingerprint density at radius 2 is 1.81 bits per heavy atom. The third kappa shape index (κ3) is 3.82. The topological polar surface area (TPSA) is 71.1 Å². The summed E-state index contributed by atoms with van der Waals surface area (Å²) in [6.45, 7) is 1.32. The summed E-state index contributed by atoms with van der Waals surface area (Å²) in [6.07, 6.45) is 1.35. The van der Waals surface area contributed by atoms with Crippen LogP contribution in [-0.2, 0) is 4.79 Å². The van der Waals surface area contributed by atoms with Crippen LogP contribution in [0.2, 0.25) is 0 Å². The summed E-state index contributed by atoms with van der Waals surface area (Å²) in [4.78, 5) is 26.8. The second-order valence-corrected chi connectivity index (χ2v) is 4.19. The molecule has 0 radical (unpaired) electrons. The zero-order valence-corrected chi connectivity index (χ0v) is 11.0. The van der Waals surface area contributed by atoms with E-state index in [4.69, 9.17) is 0 Å². The number of halogens is 2. The molecule has 0 bridgehead atoms. The van der Waals surface area contributed by atoms with E-state index < -0.39 is 17.5 Å². The van der Waals surface area contributed by atoms with Gasteiger partial charge in [0.25, 0.3) is 5.91 Å². The van der Waals surface area contributed by atoms with Crippen LogP contribution in [0.1, 0.15) is 17.3 Å². The van der Waals surface area contributed by atoms with E-state index in [1.807, 2.05) is 0 Å². The van der Waals surface area contributed by atoms with E-state index in [1.165, 1.54) is 31.3 Å². The number of nitrogens with zero attached hydrogens (tertiary/aromatic N) is 1. The molecule has 0 spiro atoms. The fourth-order valence-electron chi connectivity index (χ4n) is 1.60. The molecule has 0 unspecified atom stereocenters. The maximum atomic E-state index is 13.1. The van der Waals surface area contributed by atoms with Crippen molar-refractivity contribution in [3.8, 4) is 0 Å². The fraction of sp³-hybridized carbons (Fsp3) is 0.0714. The molecule has 0 aliphatic rings. The molecule has 2 amide bonds. The van der Waals surface area contributed by atoms with E-state index in [0.29, 0.717) is 0 Å². The number of pyridine rings is 1. The molecule has 0 fully saturated rings. The maximum Gasteiger partial charge on any atom is 0.255 e. The Morgan fingerprint density at radius 3 is 2.48 bits per heavy atom. The second-order valence-electron chi connectivity index (χ2n) is 4.19. The summed E-state index contributed by atoms with van der Waals surface area (Å²) >= 11 is 0. The summed E-state index contributed by atoms with van der Waals surface area (Å²) in [5.74, 6) is -2.68. The predicted molar refractivity (Wildman–Crippen MR) is 72.9 cm³/mol. The van der Waals surface area contributed by atoms with Crippen molar-refractivity contribution in [3.63, 3.8) is 0 Å². The highest BCUT2D eigenvalue weighted by Gasteiger charge is 2.10. The lowest BCUT2D eigenvalue weighted by Crippen LogP contribution is -2.14. The number of benzene rings is 1. The number of aromatic nitrogens is 1. The highest BCUT2D eigenvalue weighted by Crippen LogP contribution is 2.15. The molecular formula is C14H11F2N3O2. The molecule has 0 aliphatic carbocycles. The predicted octanol–water partition coefficient (Wildman–Crippen LogP) is 2.57. The van der Waals surface area contributed by atoms with Crippen molar-refractivity contribution >= 4 is 23.3 Å². The first-order valence-electron chi connectivity index (χ1n) is 5.96. The van der Waals surface area contributed by atoms with Crippen LogP contribution in [0.5, 0.6) is 0 Å². The minimum atomic E-state index is -1.05. The van der Waals surface area contributed by atoms with Crippen LogP contribution in [0.15, 0.2) is 36.5 Å². The molecule has 0 aliphatic heterocycles. The number of hydrogen-bond acceptors (Lipinski definition) is 3. The van der Waals surface area contributed by atoms with Gasteiger partial charge in [-0.15, -0.1) is 0 Å². The zero-order valence-electron chi connectivity index (χ0n) is 11.0. The number of nitrogens with one attached hydrogen (secondary N) is 2. The highest BCUT2D eigenvalue weighted by atomic mass is 19.2. The van der Waals surface area contributed by atoms with Gasteiger partial charge < -0.3 is 10.6 Å². The molecule has 0 saturated carbocycles. The van der Waals surface area contributed by atoms with Crippen LogP contribution in [0.3, 0.4) is 0 Å². The lowest BCUT2D eigenvalue weighted by molar-refractivity contribution is -0.114. The lowest BCUT2D eigenvalue weighted by Gasteiger charge is -2.07. The van der Waals surface area contributed by atoms with Gasteiger partial charge in [-0.3, -0.25) is 9.59 Å².